The number of hydrogen-bond acceptors (Lipinski definition) is 6. The van der Waals surface area contributed by atoms with Gasteiger partial charge in [-0.2, -0.15) is 0 Å². The van der Waals surface area contributed by atoms with Gasteiger partial charge in [-0.05, 0) is 73.2 Å². The number of esters is 1. The van der Waals surface area contributed by atoms with E-state index in [1.807, 2.05) is 0 Å². The van der Waals surface area contributed by atoms with Gasteiger partial charge in [0.2, 0.25) is 5.78 Å². The van der Waals surface area contributed by atoms with Gasteiger partial charge < -0.3 is 9.47 Å². The van der Waals surface area contributed by atoms with E-state index in [0.717, 1.165) is 0 Å². The normalized spacial score (nSPS) is 17.4. The minimum absolute atomic E-state index is 0.230. The number of amides is 1. The third kappa shape index (κ3) is 4.68. The molecule has 4 rings (SSSR count). The zero-order chi connectivity index (χ0) is 25.1. The van der Waals surface area contributed by atoms with Crippen LogP contribution in [-0.4, -0.2) is 37.2 Å². The maximum atomic E-state index is 13.5. The number of Topliss-reactive ketones (excluding diaryl/α,β-unsaturated/α-hetero) is 2. The van der Waals surface area contributed by atoms with E-state index in [0.29, 0.717) is 27.6 Å². The number of ether oxygens (including phenoxy) is 2. The molecule has 3 aromatic rings. The molecule has 0 radical (unpaired) electrons. The Kier molecular flexibility index (Phi) is 6.98. The van der Waals surface area contributed by atoms with Crippen LogP contribution in [0.2, 0.25) is 5.02 Å². The van der Waals surface area contributed by atoms with E-state index >= 15 is 0 Å². The number of methoxy groups -OCH3 is 1. The quantitative estimate of drug-likeness (QED) is 0.206. The Morgan fingerprint density at radius 3 is 2.06 bits per heavy atom. The number of hydrogen-bond donors (Lipinski definition) is 0. The maximum absolute atomic E-state index is 13.5. The van der Waals surface area contributed by atoms with Gasteiger partial charge >= 0.3 is 5.97 Å². The summed E-state index contributed by atoms with van der Waals surface area (Å²) < 4.78 is 10.2. The van der Waals surface area contributed by atoms with Crippen molar-refractivity contribution in [1.82, 2.24) is 0 Å². The van der Waals surface area contributed by atoms with Gasteiger partial charge in [-0.3, -0.25) is 19.3 Å². The molecule has 1 amide bonds. The number of carbonyl (C=O) groups is 4. The first-order chi connectivity index (χ1) is 16.8. The van der Waals surface area contributed by atoms with Gasteiger partial charge in [0.05, 0.1) is 25.3 Å². The number of rotatable bonds is 7. The van der Waals surface area contributed by atoms with Crippen LogP contribution in [0, 0.1) is 5.92 Å². The molecule has 2 atom stereocenters. The Labute approximate surface area is 207 Å². The molecule has 2 unspecified atom stereocenters. The predicted molar refractivity (Wildman–Crippen MR) is 130 cm³/mol. The second-order valence-electron chi connectivity index (χ2n) is 7.87. The number of halogens is 1. The van der Waals surface area contributed by atoms with Crippen LogP contribution in [0.3, 0.4) is 0 Å². The van der Waals surface area contributed by atoms with Crippen molar-refractivity contribution in [2.24, 2.45) is 5.92 Å². The molecule has 1 fully saturated rings. The molecule has 0 saturated carbocycles. The average molecular weight is 492 g/mol. The molecule has 35 heavy (non-hydrogen) atoms. The molecular formula is C27H22ClNO6. The second-order valence-corrected chi connectivity index (χ2v) is 8.31. The summed E-state index contributed by atoms with van der Waals surface area (Å²) in [7, 11) is 1.51. The van der Waals surface area contributed by atoms with Crippen molar-refractivity contribution in [2.45, 2.75) is 13.0 Å². The molecule has 178 valence electrons. The van der Waals surface area contributed by atoms with Gasteiger partial charge in [0, 0.05) is 16.3 Å². The van der Waals surface area contributed by atoms with Gasteiger partial charge in [-0.1, -0.05) is 23.7 Å². The van der Waals surface area contributed by atoms with Crippen molar-refractivity contribution >= 4 is 40.7 Å². The Balaban J connectivity index is 1.77. The lowest BCUT2D eigenvalue weighted by Gasteiger charge is -2.27. The molecule has 1 aliphatic heterocycles. The monoisotopic (exact) mass is 491 g/mol. The molecule has 8 heteroatoms. The maximum Gasteiger partial charge on any atom is 0.338 e. The minimum atomic E-state index is -1.26. The largest absolute Gasteiger partial charge is 0.497 e. The summed E-state index contributed by atoms with van der Waals surface area (Å²) in [5.41, 5.74) is 1.55. The lowest BCUT2D eigenvalue weighted by Crippen LogP contribution is -2.30. The fourth-order valence-corrected chi connectivity index (χ4v) is 4.25. The van der Waals surface area contributed by atoms with Crippen LogP contribution in [-0.2, 0) is 14.3 Å². The van der Waals surface area contributed by atoms with Crippen molar-refractivity contribution in [3.8, 4) is 5.75 Å². The first kappa shape index (κ1) is 24.2. The van der Waals surface area contributed by atoms with E-state index in [4.69, 9.17) is 21.1 Å². The zero-order valence-electron chi connectivity index (χ0n) is 19.1. The number of ketones is 2. The van der Waals surface area contributed by atoms with Crippen LogP contribution in [0.25, 0.3) is 0 Å². The Morgan fingerprint density at radius 1 is 0.886 bits per heavy atom. The lowest BCUT2D eigenvalue weighted by molar-refractivity contribution is -0.135. The van der Waals surface area contributed by atoms with Crippen molar-refractivity contribution < 1.29 is 28.7 Å². The summed E-state index contributed by atoms with van der Waals surface area (Å²) in [4.78, 5) is 53.3. The molecule has 1 heterocycles. The molecule has 3 aromatic carbocycles. The van der Waals surface area contributed by atoms with Crippen molar-refractivity contribution in [3.05, 3.63) is 94.5 Å². The van der Waals surface area contributed by atoms with Gasteiger partial charge in [0.1, 0.15) is 11.7 Å². The van der Waals surface area contributed by atoms with E-state index in [-0.39, 0.29) is 12.2 Å². The summed E-state index contributed by atoms with van der Waals surface area (Å²) in [6.45, 7) is 1.94. The molecule has 7 nitrogen and oxygen atoms in total. The van der Waals surface area contributed by atoms with E-state index in [1.54, 1.807) is 67.6 Å². The highest BCUT2D eigenvalue weighted by molar-refractivity contribution is 6.49. The topological polar surface area (TPSA) is 90.0 Å². The zero-order valence-corrected chi connectivity index (χ0v) is 19.8. The number of anilines is 1. The fourth-order valence-electron chi connectivity index (χ4n) is 4.12. The van der Waals surface area contributed by atoms with Crippen LogP contribution in [0.15, 0.2) is 72.8 Å². The summed E-state index contributed by atoms with van der Waals surface area (Å²) in [5, 5.41) is 0.479. The highest BCUT2D eigenvalue weighted by Crippen LogP contribution is 2.41. The number of carbonyl (C=O) groups excluding carboxylic acids is 4. The van der Waals surface area contributed by atoms with Crippen LogP contribution in [0.1, 0.15) is 39.2 Å². The fraction of sp³-hybridized carbons (Fsp3) is 0.185. The van der Waals surface area contributed by atoms with E-state index in [2.05, 4.69) is 0 Å². The van der Waals surface area contributed by atoms with Gasteiger partial charge in [-0.15, -0.1) is 0 Å². The van der Waals surface area contributed by atoms with Gasteiger partial charge in [0.25, 0.3) is 5.91 Å². The lowest BCUT2D eigenvalue weighted by atomic mass is 9.86. The molecular weight excluding hydrogens is 470 g/mol. The second kappa shape index (κ2) is 10.1. The number of nitrogens with zero attached hydrogens (tertiary/aromatic N) is 1. The smallest absolute Gasteiger partial charge is 0.338 e. The molecule has 0 aliphatic carbocycles. The highest BCUT2D eigenvalue weighted by Gasteiger charge is 2.52. The van der Waals surface area contributed by atoms with Crippen molar-refractivity contribution in [2.75, 3.05) is 18.6 Å². The van der Waals surface area contributed by atoms with Crippen LogP contribution in [0.4, 0.5) is 5.69 Å². The van der Waals surface area contributed by atoms with Gasteiger partial charge in [-0.25, -0.2) is 4.79 Å². The summed E-state index contributed by atoms with van der Waals surface area (Å²) in [6, 6.07) is 18.3. The third-order valence-electron chi connectivity index (χ3n) is 5.83. The predicted octanol–water partition coefficient (Wildman–Crippen LogP) is 4.68. The van der Waals surface area contributed by atoms with Crippen molar-refractivity contribution in [1.29, 1.82) is 0 Å². The average Bonchev–Trinajstić information content (AvgIpc) is 3.14. The molecule has 1 saturated heterocycles. The van der Waals surface area contributed by atoms with Crippen molar-refractivity contribution in [3.63, 3.8) is 0 Å². The molecule has 0 bridgehead atoms. The van der Waals surface area contributed by atoms with E-state index < -0.39 is 35.4 Å². The Bertz CT molecular complexity index is 1270. The van der Waals surface area contributed by atoms with Gasteiger partial charge in [0.15, 0.2) is 5.78 Å². The molecule has 1 aliphatic rings. The molecule has 0 aromatic heterocycles. The Morgan fingerprint density at radius 2 is 1.49 bits per heavy atom. The summed E-state index contributed by atoms with van der Waals surface area (Å²) in [5.74, 6) is -3.28. The van der Waals surface area contributed by atoms with Crippen LogP contribution >= 0.6 is 11.6 Å². The SMILES string of the molecule is CCOC(=O)c1ccc(N2C(=O)C(=O)C(C(=O)c3ccc(OC)cc3)C2c2ccc(Cl)cc2)cc1. The molecule has 0 spiro atoms. The first-order valence-electron chi connectivity index (χ1n) is 10.9. The van der Waals surface area contributed by atoms with E-state index in [1.165, 1.54) is 24.1 Å². The highest BCUT2D eigenvalue weighted by atomic mass is 35.5. The molecule has 0 N–H and O–H groups in total. The Hall–Kier alpha value is -3.97. The summed E-state index contributed by atoms with van der Waals surface area (Å²) >= 11 is 6.06. The third-order valence-corrected chi connectivity index (χ3v) is 6.08. The standard InChI is InChI=1S/C27H22ClNO6/c1-3-35-27(33)18-6-12-20(13-7-18)29-23(16-4-10-19(28)11-5-16)22(25(31)26(29)32)24(30)17-8-14-21(34-2)15-9-17/h4-15,22-23H,3H2,1-2H3. The van der Waals surface area contributed by atoms with E-state index in [9.17, 15) is 19.2 Å². The van der Waals surface area contributed by atoms with Crippen LogP contribution in [0.5, 0.6) is 5.75 Å². The number of benzene rings is 3. The summed E-state index contributed by atoms with van der Waals surface area (Å²) in [6.07, 6.45) is 0. The van der Waals surface area contributed by atoms with Crippen LogP contribution < -0.4 is 9.64 Å². The first-order valence-corrected chi connectivity index (χ1v) is 11.3. The minimum Gasteiger partial charge on any atom is -0.497 e.